The zero-order valence-electron chi connectivity index (χ0n) is 16.6. The third kappa shape index (κ3) is 4.03. The summed E-state index contributed by atoms with van der Waals surface area (Å²) in [5.41, 5.74) is 7.87. The fourth-order valence-corrected chi connectivity index (χ4v) is 3.93. The van der Waals surface area contributed by atoms with Crippen LogP contribution in [0, 0.1) is 0 Å². The standard InChI is InChI=1S/C24H24N4O2/c25-22(29)20-12-7-13-26-23(20)27-14-16-28(17-15-27)24(30)21(18-8-3-1-4-9-18)19-10-5-2-6-11-19/h1-13,21H,14-17H2,(H2,25,29). The van der Waals surface area contributed by atoms with Crippen LogP contribution in [0.25, 0.3) is 0 Å². The van der Waals surface area contributed by atoms with E-state index in [1.54, 1.807) is 18.3 Å². The van der Waals surface area contributed by atoms with Gasteiger partial charge in [-0.3, -0.25) is 9.59 Å². The number of primary amides is 1. The van der Waals surface area contributed by atoms with Crippen molar-refractivity contribution in [3.05, 3.63) is 95.7 Å². The van der Waals surface area contributed by atoms with Gasteiger partial charge in [-0.15, -0.1) is 0 Å². The average Bonchev–Trinajstić information content (AvgIpc) is 2.81. The Morgan fingerprint density at radius 2 is 1.37 bits per heavy atom. The third-order valence-electron chi connectivity index (χ3n) is 5.46. The molecule has 2 aromatic carbocycles. The van der Waals surface area contributed by atoms with E-state index in [-0.39, 0.29) is 11.8 Å². The Morgan fingerprint density at radius 1 is 0.800 bits per heavy atom. The van der Waals surface area contributed by atoms with Gasteiger partial charge in [0.25, 0.3) is 5.91 Å². The van der Waals surface area contributed by atoms with Crippen molar-refractivity contribution in [2.75, 3.05) is 31.1 Å². The van der Waals surface area contributed by atoms with Gasteiger partial charge in [0.1, 0.15) is 5.82 Å². The molecule has 0 unspecified atom stereocenters. The van der Waals surface area contributed by atoms with Crippen LogP contribution in [0.15, 0.2) is 79.0 Å². The van der Waals surface area contributed by atoms with Crippen molar-refractivity contribution in [1.82, 2.24) is 9.88 Å². The second-order valence-corrected chi connectivity index (χ2v) is 7.31. The topological polar surface area (TPSA) is 79.5 Å². The van der Waals surface area contributed by atoms with Gasteiger partial charge in [-0.2, -0.15) is 0 Å². The van der Waals surface area contributed by atoms with Gasteiger partial charge >= 0.3 is 0 Å². The van der Waals surface area contributed by atoms with Crippen LogP contribution in [0.1, 0.15) is 27.4 Å². The van der Waals surface area contributed by atoms with Crippen LogP contribution < -0.4 is 10.6 Å². The van der Waals surface area contributed by atoms with E-state index in [9.17, 15) is 9.59 Å². The molecule has 2 heterocycles. The number of carbonyl (C=O) groups is 2. The van der Waals surface area contributed by atoms with Crippen LogP contribution in [0.3, 0.4) is 0 Å². The minimum absolute atomic E-state index is 0.0863. The first kappa shape index (κ1) is 19.6. The van der Waals surface area contributed by atoms with E-state index in [0.717, 1.165) is 11.1 Å². The Bertz CT molecular complexity index is 976. The van der Waals surface area contributed by atoms with Crippen molar-refractivity contribution in [3.8, 4) is 0 Å². The Labute approximate surface area is 175 Å². The van der Waals surface area contributed by atoms with Gasteiger partial charge in [0.2, 0.25) is 5.91 Å². The lowest BCUT2D eigenvalue weighted by atomic mass is 9.90. The second-order valence-electron chi connectivity index (χ2n) is 7.31. The molecule has 2 N–H and O–H groups in total. The Hall–Kier alpha value is -3.67. The molecule has 152 valence electrons. The maximum Gasteiger partial charge on any atom is 0.252 e. The summed E-state index contributed by atoms with van der Waals surface area (Å²) >= 11 is 0. The minimum atomic E-state index is -0.496. The highest BCUT2D eigenvalue weighted by Gasteiger charge is 2.30. The van der Waals surface area contributed by atoms with Crippen molar-refractivity contribution in [2.45, 2.75) is 5.92 Å². The van der Waals surface area contributed by atoms with Crippen molar-refractivity contribution in [1.29, 1.82) is 0 Å². The summed E-state index contributed by atoms with van der Waals surface area (Å²) in [5.74, 6) is -0.164. The van der Waals surface area contributed by atoms with Crippen LogP contribution in [-0.4, -0.2) is 47.9 Å². The molecule has 1 fully saturated rings. The number of carbonyl (C=O) groups excluding carboxylic acids is 2. The van der Waals surface area contributed by atoms with Gasteiger partial charge in [0.05, 0.1) is 11.5 Å². The quantitative estimate of drug-likeness (QED) is 0.714. The molecule has 6 heteroatoms. The summed E-state index contributed by atoms with van der Waals surface area (Å²) in [6.45, 7) is 2.31. The predicted octanol–water partition coefficient (Wildman–Crippen LogP) is 2.66. The number of nitrogens with two attached hydrogens (primary N) is 1. The molecule has 6 nitrogen and oxygen atoms in total. The molecule has 3 aromatic rings. The molecule has 0 aliphatic carbocycles. The van der Waals surface area contributed by atoms with E-state index in [4.69, 9.17) is 5.73 Å². The summed E-state index contributed by atoms with van der Waals surface area (Å²) in [6.07, 6.45) is 1.65. The van der Waals surface area contributed by atoms with Crippen LogP contribution in [-0.2, 0) is 4.79 Å². The number of piperazine rings is 1. The normalized spacial score (nSPS) is 14.0. The summed E-state index contributed by atoms with van der Waals surface area (Å²) in [4.78, 5) is 33.5. The minimum Gasteiger partial charge on any atom is -0.365 e. The molecule has 0 radical (unpaired) electrons. The van der Waals surface area contributed by atoms with E-state index in [1.165, 1.54) is 0 Å². The van der Waals surface area contributed by atoms with Gasteiger partial charge in [-0.1, -0.05) is 60.7 Å². The molecule has 4 rings (SSSR count). The second kappa shape index (κ2) is 8.78. The lowest BCUT2D eigenvalue weighted by molar-refractivity contribution is -0.132. The molecule has 2 amide bonds. The molecule has 1 aromatic heterocycles. The third-order valence-corrected chi connectivity index (χ3v) is 5.46. The highest BCUT2D eigenvalue weighted by atomic mass is 16.2. The maximum absolute atomic E-state index is 13.5. The molecule has 1 aliphatic heterocycles. The number of hydrogen-bond acceptors (Lipinski definition) is 4. The maximum atomic E-state index is 13.5. The molecular formula is C24H24N4O2. The first-order valence-corrected chi connectivity index (χ1v) is 10.0. The van der Waals surface area contributed by atoms with E-state index >= 15 is 0 Å². The number of benzene rings is 2. The van der Waals surface area contributed by atoms with Gasteiger partial charge in [-0.05, 0) is 23.3 Å². The molecule has 0 bridgehead atoms. The number of anilines is 1. The van der Waals surface area contributed by atoms with Gasteiger partial charge < -0.3 is 15.5 Å². The molecule has 0 spiro atoms. The lowest BCUT2D eigenvalue weighted by Crippen LogP contribution is -2.50. The van der Waals surface area contributed by atoms with Crippen molar-refractivity contribution in [3.63, 3.8) is 0 Å². The Balaban J connectivity index is 1.54. The number of rotatable bonds is 5. The fraction of sp³-hybridized carbons (Fsp3) is 0.208. The van der Waals surface area contributed by atoms with E-state index in [1.807, 2.05) is 70.5 Å². The largest absolute Gasteiger partial charge is 0.365 e. The zero-order valence-corrected chi connectivity index (χ0v) is 16.6. The van der Waals surface area contributed by atoms with E-state index < -0.39 is 5.91 Å². The highest BCUT2D eigenvalue weighted by molar-refractivity contribution is 5.97. The fourth-order valence-electron chi connectivity index (χ4n) is 3.93. The number of nitrogens with zero attached hydrogens (tertiary/aromatic N) is 3. The predicted molar refractivity (Wildman–Crippen MR) is 116 cm³/mol. The lowest BCUT2D eigenvalue weighted by Gasteiger charge is -2.37. The summed E-state index contributed by atoms with van der Waals surface area (Å²) in [6, 6.07) is 23.1. The molecule has 30 heavy (non-hydrogen) atoms. The Morgan fingerprint density at radius 3 is 1.90 bits per heavy atom. The van der Waals surface area contributed by atoms with Crippen LogP contribution in [0.5, 0.6) is 0 Å². The molecule has 1 aliphatic rings. The number of amides is 2. The van der Waals surface area contributed by atoms with E-state index in [2.05, 4.69) is 4.98 Å². The molecule has 0 saturated carbocycles. The average molecular weight is 400 g/mol. The highest BCUT2D eigenvalue weighted by Crippen LogP contribution is 2.28. The van der Waals surface area contributed by atoms with Gasteiger partial charge in [-0.25, -0.2) is 4.98 Å². The molecule has 0 atom stereocenters. The number of pyridine rings is 1. The smallest absolute Gasteiger partial charge is 0.252 e. The van der Waals surface area contributed by atoms with Gasteiger partial charge in [0, 0.05) is 32.4 Å². The van der Waals surface area contributed by atoms with Crippen molar-refractivity contribution < 1.29 is 9.59 Å². The zero-order chi connectivity index (χ0) is 20.9. The Kier molecular flexibility index (Phi) is 5.75. The van der Waals surface area contributed by atoms with Crippen molar-refractivity contribution >= 4 is 17.6 Å². The molecule has 1 saturated heterocycles. The summed E-state index contributed by atoms with van der Waals surface area (Å²) in [5, 5.41) is 0. The first-order valence-electron chi connectivity index (χ1n) is 10.0. The SMILES string of the molecule is NC(=O)c1cccnc1N1CCN(C(=O)C(c2ccccc2)c2ccccc2)CC1. The van der Waals surface area contributed by atoms with Crippen molar-refractivity contribution in [2.24, 2.45) is 5.73 Å². The summed E-state index contributed by atoms with van der Waals surface area (Å²) < 4.78 is 0. The van der Waals surface area contributed by atoms with Crippen LogP contribution in [0.4, 0.5) is 5.82 Å². The summed E-state index contributed by atoms with van der Waals surface area (Å²) in [7, 11) is 0. The van der Waals surface area contributed by atoms with E-state index in [0.29, 0.717) is 37.6 Å². The number of aromatic nitrogens is 1. The van der Waals surface area contributed by atoms with Crippen LogP contribution in [0.2, 0.25) is 0 Å². The first-order chi connectivity index (χ1) is 14.6. The molecular weight excluding hydrogens is 376 g/mol. The van der Waals surface area contributed by atoms with Crippen LogP contribution >= 0.6 is 0 Å². The monoisotopic (exact) mass is 400 g/mol. The van der Waals surface area contributed by atoms with Gasteiger partial charge in [0.15, 0.2) is 0 Å². The number of hydrogen-bond donors (Lipinski definition) is 1.